The number of nitro benzene ring substituents is 1. The lowest BCUT2D eigenvalue weighted by atomic mass is 10.1. The molecule has 0 saturated heterocycles. The first-order valence-corrected chi connectivity index (χ1v) is 8.16. The number of amides is 1. The van der Waals surface area contributed by atoms with Crippen LogP contribution >= 0.6 is 11.8 Å². The Hall–Kier alpha value is -2.85. The van der Waals surface area contributed by atoms with Crippen molar-refractivity contribution in [3.63, 3.8) is 0 Å². The molecule has 2 aromatic carbocycles. The standard InChI is InChI=1S/C17H15N3O3S/c1-12-11-13(20(22)23)7-8-14(12)17(21)19-15-5-2-3-6-16(15)24-10-4-9-18/h2-3,5-8,11H,4,10H2,1H3,(H,19,21). The number of nitrogens with zero attached hydrogens (tertiary/aromatic N) is 2. The number of benzene rings is 2. The molecule has 7 heteroatoms. The summed E-state index contributed by atoms with van der Waals surface area (Å²) in [5.41, 5.74) is 1.54. The highest BCUT2D eigenvalue weighted by Gasteiger charge is 2.15. The minimum Gasteiger partial charge on any atom is -0.321 e. The van der Waals surface area contributed by atoms with Crippen LogP contribution in [0.4, 0.5) is 11.4 Å². The minimum atomic E-state index is -0.490. The van der Waals surface area contributed by atoms with E-state index < -0.39 is 4.92 Å². The highest BCUT2D eigenvalue weighted by Crippen LogP contribution is 2.28. The Labute approximate surface area is 143 Å². The van der Waals surface area contributed by atoms with E-state index in [1.807, 2.05) is 18.2 Å². The maximum Gasteiger partial charge on any atom is 0.269 e. The van der Waals surface area contributed by atoms with E-state index in [9.17, 15) is 14.9 Å². The van der Waals surface area contributed by atoms with Crippen molar-refractivity contribution in [2.75, 3.05) is 11.1 Å². The molecule has 24 heavy (non-hydrogen) atoms. The topological polar surface area (TPSA) is 96.0 Å². The molecule has 1 N–H and O–H groups in total. The third kappa shape index (κ3) is 4.33. The molecular formula is C17H15N3O3S. The number of anilines is 1. The predicted molar refractivity (Wildman–Crippen MR) is 93.2 cm³/mol. The van der Waals surface area contributed by atoms with Crippen molar-refractivity contribution >= 4 is 29.0 Å². The molecular weight excluding hydrogens is 326 g/mol. The number of non-ortho nitro benzene ring substituents is 1. The lowest BCUT2D eigenvalue weighted by Crippen LogP contribution is -2.14. The van der Waals surface area contributed by atoms with Crippen molar-refractivity contribution in [2.24, 2.45) is 0 Å². The molecule has 0 aliphatic rings. The van der Waals surface area contributed by atoms with Gasteiger partial charge in [0.1, 0.15) is 0 Å². The second-order valence-corrected chi connectivity index (χ2v) is 6.10. The fraction of sp³-hybridized carbons (Fsp3) is 0.176. The van der Waals surface area contributed by atoms with E-state index >= 15 is 0 Å². The van der Waals surface area contributed by atoms with Crippen LogP contribution in [0.15, 0.2) is 47.4 Å². The molecule has 0 radical (unpaired) electrons. The van der Waals surface area contributed by atoms with Gasteiger partial charge in [0, 0.05) is 34.8 Å². The quantitative estimate of drug-likeness (QED) is 0.368. The monoisotopic (exact) mass is 341 g/mol. The van der Waals surface area contributed by atoms with Gasteiger partial charge in [-0.1, -0.05) is 12.1 Å². The number of hydrogen-bond donors (Lipinski definition) is 1. The fourth-order valence-corrected chi connectivity index (χ4v) is 2.97. The molecule has 0 bridgehead atoms. The number of nitriles is 1. The molecule has 0 aromatic heterocycles. The van der Waals surface area contributed by atoms with E-state index in [4.69, 9.17) is 5.26 Å². The van der Waals surface area contributed by atoms with Crippen LogP contribution in [0.25, 0.3) is 0 Å². The molecule has 2 aromatic rings. The summed E-state index contributed by atoms with van der Waals surface area (Å²) < 4.78 is 0. The highest BCUT2D eigenvalue weighted by molar-refractivity contribution is 7.99. The van der Waals surface area contributed by atoms with Crippen molar-refractivity contribution in [3.05, 3.63) is 63.7 Å². The zero-order valence-corrected chi connectivity index (χ0v) is 13.8. The summed E-state index contributed by atoms with van der Waals surface area (Å²) in [5.74, 6) is 0.315. The summed E-state index contributed by atoms with van der Waals surface area (Å²) in [5, 5.41) is 22.2. The van der Waals surface area contributed by atoms with Gasteiger partial charge in [0.05, 0.1) is 16.7 Å². The molecule has 0 fully saturated rings. The van der Waals surface area contributed by atoms with Gasteiger partial charge >= 0.3 is 0 Å². The minimum absolute atomic E-state index is 0.0449. The number of carbonyl (C=O) groups excluding carboxylic acids is 1. The maximum absolute atomic E-state index is 12.5. The van der Waals surface area contributed by atoms with Crippen molar-refractivity contribution in [3.8, 4) is 6.07 Å². The maximum atomic E-state index is 12.5. The number of carbonyl (C=O) groups is 1. The van der Waals surface area contributed by atoms with Gasteiger partial charge in [0.25, 0.3) is 11.6 Å². The molecule has 6 nitrogen and oxygen atoms in total. The largest absolute Gasteiger partial charge is 0.321 e. The van der Waals surface area contributed by atoms with Gasteiger partial charge in [-0.2, -0.15) is 5.26 Å². The Morgan fingerprint density at radius 1 is 1.33 bits per heavy atom. The Bertz CT molecular complexity index is 815. The predicted octanol–water partition coefficient (Wildman–Crippen LogP) is 4.16. The first-order chi connectivity index (χ1) is 11.5. The number of hydrogen-bond acceptors (Lipinski definition) is 5. The molecule has 1 amide bonds. The van der Waals surface area contributed by atoms with Crippen molar-refractivity contribution < 1.29 is 9.72 Å². The Morgan fingerprint density at radius 2 is 2.08 bits per heavy atom. The lowest BCUT2D eigenvalue weighted by Gasteiger charge is -2.11. The highest BCUT2D eigenvalue weighted by atomic mass is 32.2. The van der Waals surface area contributed by atoms with Crippen molar-refractivity contribution in [1.82, 2.24) is 0 Å². The number of nitrogens with one attached hydrogen (secondary N) is 1. The van der Waals surface area contributed by atoms with Crippen LogP contribution in [0, 0.1) is 28.4 Å². The van der Waals surface area contributed by atoms with Gasteiger partial charge in [-0.15, -0.1) is 11.8 Å². The molecule has 2 rings (SSSR count). The van der Waals surface area contributed by atoms with E-state index in [0.29, 0.717) is 29.0 Å². The Kier molecular flexibility index (Phi) is 5.93. The SMILES string of the molecule is Cc1cc([N+](=O)[O-])ccc1C(=O)Nc1ccccc1SCCC#N. The summed E-state index contributed by atoms with van der Waals surface area (Å²) >= 11 is 1.49. The summed E-state index contributed by atoms with van der Waals surface area (Å²) in [7, 11) is 0. The van der Waals surface area contributed by atoms with Crippen LogP contribution in [0.5, 0.6) is 0 Å². The lowest BCUT2D eigenvalue weighted by molar-refractivity contribution is -0.384. The first-order valence-electron chi connectivity index (χ1n) is 7.18. The van der Waals surface area contributed by atoms with E-state index in [-0.39, 0.29) is 11.6 Å². The number of rotatable bonds is 6. The van der Waals surface area contributed by atoms with Gasteiger partial charge in [0.2, 0.25) is 0 Å². The zero-order valence-electron chi connectivity index (χ0n) is 13.0. The zero-order chi connectivity index (χ0) is 17.5. The molecule has 122 valence electrons. The van der Waals surface area contributed by atoms with E-state index in [1.54, 1.807) is 13.0 Å². The molecule has 0 unspecified atom stereocenters. The normalized spacial score (nSPS) is 10.0. The molecule has 0 spiro atoms. The van der Waals surface area contributed by atoms with Gasteiger partial charge < -0.3 is 5.32 Å². The van der Waals surface area contributed by atoms with Crippen LogP contribution in [0.2, 0.25) is 0 Å². The fourth-order valence-electron chi connectivity index (χ4n) is 2.11. The van der Waals surface area contributed by atoms with Gasteiger partial charge in [-0.25, -0.2) is 0 Å². The van der Waals surface area contributed by atoms with Crippen LogP contribution < -0.4 is 5.32 Å². The van der Waals surface area contributed by atoms with Crippen LogP contribution in [-0.2, 0) is 0 Å². The average Bonchev–Trinajstić information content (AvgIpc) is 2.56. The van der Waals surface area contributed by atoms with Crippen molar-refractivity contribution in [2.45, 2.75) is 18.2 Å². The van der Waals surface area contributed by atoms with Crippen LogP contribution in [0.3, 0.4) is 0 Å². The van der Waals surface area contributed by atoms with Crippen molar-refractivity contribution in [1.29, 1.82) is 5.26 Å². The third-order valence-electron chi connectivity index (χ3n) is 3.27. The number of para-hydroxylation sites is 1. The molecule has 0 aliphatic heterocycles. The summed E-state index contributed by atoms with van der Waals surface area (Å²) in [6.45, 7) is 1.66. The van der Waals surface area contributed by atoms with E-state index in [1.165, 1.54) is 30.0 Å². The average molecular weight is 341 g/mol. The Morgan fingerprint density at radius 3 is 2.75 bits per heavy atom. The molecule has 0 aliphatic carbocycles. The molecule has 0 heterocycles. The molecule has 0 saturated carbocycles. The first kappa shape index (κ1) is 17.5. The molecule has 0 atom stereocenters. The number of thioether (sulfide) groups is 1. The van der Waals surface area contributed by atoms with Gasteiger partial charge in [-0.05, 0) is 30.7 Å². The number of aryl methyl sites for hydroxylation is 1. The third-order valence-corrected chi connectivity index (χ3v) is 4.35. The van der Waals surface area contributed by atoms with Gasteiger partial charge in [0.15, 0.2) is 0 Å². The second kappa shape index (κ2) is 8.13. The Balaban J connectivity index is 2.18. The van der Waals surface area contributed by atoms with Crippen LogP contribution in [-0.4, -0.2) is 16.6 Å². The summed E-state index contributed by atoms with van der Waals surface area (Å²) in [4.78, 5) is 23.6. The second-order valence-electron chi connectivity index (χ2n) is 4.96. The van der Waals surface area contributed by atoms with E-state index in [2.05, 4.69) is 11.4 Å². The summed E-state index contributed by atoms with van der Waals surface area (Å²) in [6.07, 6.45) is 0.425. The smallest absolute Gasteiger partial charge is 0.269 e. The summed E-state index contributed by atoms with van der Waals surface area (Å²) in [6, 6.07) is 13.6. The number of nitro groups is 1. The van der Waals surface area contributed by atoms with E-state index in [0.717, 1.165) is 4.90 Å². The van der Waals surface area contributed by atoms with Gasteiger partial charge in [-0.3, -0.25) is 14.9 Å². The van der Waals surface area contributed by atoms with Crippen LogP contribution in [0.1, 0.15) is 22.3 Å².